The monoisotopic (exact) mass is 348 g/mol. The molecule has 0 aliphatic rings. The van der Waals surface area contributed by atoms with E-state index in [0.29, 0.717) is 22.0 Å². The van der Waals surface area contributed by atoms with Crippen molar-refractivity contribution in [3.63, 3.8) is 0 Å². The van der Waals surface area contributed by atoms with Gasteiger partial charge in [-0.3, -0.25) is 4.79 Å². The molecule has 0 saturated heterocycles. The molecule has 0 aliphatic heterocycles. The number of alkyl halides is 1. The highest BCUT2D eigenvalue weighted by Gasteiger charge is 2.14. The molecular weight excluding hydrogens is 343 g/mol. The Morgan fingerprint density at radius 2 is 2.12 bits per heavy atom. The van der Waals surface area contributed by atoms with E-state index >= 15 is 0 Å². The van der Waals surface area contributed by atoms with Gasteiger partial charge in [0, 0.05) is 11.8 Å². The Hall–Kier alpha value is -0.680. The van der Waals surface area contributed by atoms with E-state index in [1.807, 2.05) is 0 Å². The Labute approximate surface area is 108 Å². The average molecular weight is 350 g/mol. The van der Waals surface area contributed by atoms with Crippen LogP contribution in [0, 0.1) is 5.82 Å². The molecule has 0 saturated carbocycles. The van der Waals surface area contributed by atoms with Gasteiger partial charge < -0.3 is 4.42 Å². The first-order valence-electron chi connectivity index (χ1n) is 4.61. The van der Waals surface area contributed by atoms with Crippen molar-refractivity contribution >= 4 is 42.8 Å². The second-order valence-electron chi connectivity index (χ2n) is 3.22. The highest BCUT2D eigenvalue weighted by molar-refractivity contribution is 9.10. The number of halogens is 3. The van der Waals surface area contributed by atoms with E-state index in [1.165, 1.54) is 12.1 Å². The van der Waals surface area contributed by atoms with Crippen molar-refractivity contribution in [2.24, 2.45) is 0 Å². The first-order chi connectivity index (χ1) is 7.65. The summed E-state index contributed by atoms with van der Waals surface area (Å²) in [6.07, 6.45) is 0.572. The minimum absolute atomic E-state index is 0.00676. The van der Waals surface area contributed by atoms with Crippen molar-refractivity contribution < 1.29 is 8.81 Å². The smallest absolute Gasteiger partial charge is 0.210 e. The van der Waals surface area contributed by atoms with Crippen molar-refractivity contribution in [2.75, 3.05) is 5.33 Å². The van der Waals surface area contributed by atoms with Crippen molar-refractivity contribution in [2.45, 2.75) is 6.42 Å². The predicted molar refractivity (Wildman–Crippen MR) is 67.6 cm³/mol. The second-order valence-corrected chi connectivity index (χ2v) is 4.81. The van der Waals surface area contributed by atoms with Gasteiger partial charge in [-0.1, -0.05) is 22.0 Å². The Morgan fingerprint density at radius 1 is 1.38 bits per heavy atom. The fourth-order valence-electron chi connectivity index (χ4n) is 1.47. The molecule has 1 aromatic heterocycles. The minimum atomic E-state index is -0.558. The number of aryl methyl sites for hydroxylation is 1. The lowest BCUT2D eigenvalue weighted by atomic mass is 10.2. The molecule has 2 aromatic rings. The van der Waals surface area contributed by atoms with Crippen LogP contribution in [0.5, 0.6) is 0 Å². The lowest BCUT2D eigenvalue weighted by Gasteiger charge is -2.04. The van der Waals surface area contributed by atoms with Gasteiger partial charge in [-0.15, -0.1) is 0 Å². The molecule has 1 heterocycles. The Kier molecular flexibility index (Phi) is 3.44. The summed E-state index contributed by atoms with van der Waals surface area (Å²) >= 11 is 6.41. The SMILES string of the molecule is O=c1c(Br)c(CCBr)oc2cccc(F)c12. The van der Waals surface area contributed by atoms with Crippen LogP contribution < -0.4 is 5.43 Å². The third-order valence-electron chi connectivity index (χ3n) is 2.20. The molecule has 0 amide bonds. The zero-order chi connectivity index (χ0) is 11.7. The summed E-state index contributed by atoms with van der Waals surface area (Å²) in [7, 11) is 0. The van der Waals surface area contributed by atoms with Gasteiger partial charge in [-0.25, -0.2) is 4.39 Å². The molecular formula is C11H7Br2FO2. The van der Waals surface area contributed by atoms with Crippen molar-refractivity contribution in [3.05, 3.63) is 44.5 Å². The van der Waals surface area contributed by atoms with E-state index in [0.717, 1.165) is 0 Å². The summed E-state index contributed by atoms with van der Waals surface area (Å²) in [6.45, 7) is 0. The topological polar surface area (TPSA) is 30.2 Å². The van der Waals surface area contributed by atoms with Gasteiger partial charge in [0.15, 0.2) is 0 Å². The van der Waals surface area contributed by atoms with Crippen molar-refractivity contribution in [1.82, 2.24) is 0 Å². The van der Waals surface area contributed by atoms with E-state index in [-0.39, 0.29) is 16.4 Å². The number of benzene rings is 1. The van der Waals surface area contributed by atoms with Gasteiger partial charge >= 0.3 is 0 Å². The highest BCUT2D eigenvalue weighted by atomic mass is 79.9. The standard InChI is InChI=1S/C11H7Br2FO2/c12-5-4-8-10(13)11(15)9-6(14)2-1-3-7(9)16-8/h1-3H,4-5H2. The Morgan fingerprint density at radius 3 is 2.81 bits per heavy atom. The van der Waals surface area contributed by atoms with Crippen molar-refractivity contribution in [3.8, 4) is 0 Å². The molecule has 16 heavy (non-hydrogen) atoms. The molecule has 0 aliphatic carbocycles. The third kappa shape index (κ3) is 1.94. The summed E-state index contributed by atoms with van der Waals surface area (Å²) in [4.78, 5) is 11.9. The van der Waals surface area contributed by atoms with Crippen molar-refractivity contribution in [1.29, 1.82) is 0 Å². The number of rotatable bonds is 2. The highest BCUT2D eigenvalue weighted by Crippen LogP contribution is 2.22. The summed E-state index contributed by atoms with van der Waals surface area (Å²) in [5.41, 5.74) is -0.0838. The van der Waals surface area contributed by atoms with Crippen LogP contribution in [-0.4, -0.2) is 5.33 Å². The molecule has 1 aromatic carbocycles. The largest absolute Gasteiger partial charge is 0.459 e. The number of fused-ring (bicyclic) bond motifs is 1. The molecule has 84 valence electrons. The molecule has 2 nitrogen and oxygen atoms in total. The lowest BCUT2D eigenvalue weighted by molar-refractivity contribution is 0.536. The normalized spacial score (nSPS) is 10.9. The maximum Gasteiger partial charge on any atom is 0.210 e. The van der Waals surface area contributed by atoms with E-state index in [1.54, 1.807) is 6.07 Å². The summed E-state index contributed by atoms with van der Waals surface area (Å²) in [5.74, 6) is -0.0303. The van der Waals surface area contributed by atoms with Crippen LogP contribution in [-0.2, 0) is 6.42 Å². The number of hydrogen-bond donors (Lipinski definition) is 0. The Bertz CT molecular complexity index is 592. The molecule has 0 bridgehead atoms. The van der Waals surface area contributed by atoms with E-state index in [4.69, 9.17) is 4.42 Å². The van der Waals surface area contributed by atoms with Crippen LogP contribution >= 0.6 is 31.9 Å². The molecule has 0 atom stereocenters. The first-order valence-corrected chi connectivity index (χ1v) is 6.52. The van der Waals surface area contributed by atoms with Gasteiger partial charge in [0.05, 0.1) is 0 Å². The van der Waals surface area contributed by atoms with Gasteiger partial charge in [-0.2, -0.15) is 0 Å². The predicted octanol–water partition coefficient (Wildman–Crippen LogP) is 3.63. The fourth-order valence-corrected chi connectivity index (χ4v) is 2.31. The quantitative estimate of drug-likeness (QED) is 0.775. The summed E-state index contributed by atoms with van der Waals surface area (Å²) in [6, 6.07) is 4.35. The molecule has 0 unspecified atom stereocenters. The molecule has 0 fully saturated rings. The van der Waals surface area contributed by atoms with Crippen LogP contribution in [0.1, 0.15) is 5.76 Å². The first kappa shape index (κ1) is 11.8. The van der Waals surface area contributed by atoms with Crippen LogP contribution in [0.4, 0.5) is 4.39 Å². The molecule has 0 radical (unpaired) electrons. The number of hydrogen-bond acceptors (Lipinski definition) is 2. The molecule has 0 N–H and O–H groups in total. The van der Waals surface area contributed by atoms with Crippen LogP contribution in [0.15, 0.2) is 31.9 Å². The Balaban J connectivity index is 2.83. The zero-order valence-corrected chi connectivity index (χ0v) is 11.3. The second kappa shape index (κ2) is 4.67. The molecule has 5 heteroatoms. The molecule has 0 spiro atoms. The van der Waals surface area contributed by atoms with E-state index in [9.17, 15) is 9.18 Å². The fraction of sp³-hybridized carbons (Fsp3) is 0.182. The lowest BCUT2D eigenvalue weighted by Crippen LogP contribution is -2.08. The third-order valence-corrected chi connectivity index (χ3v) is 3.40. The van der Waals surface area contributed by atoms with Gasteiger partial charge in [-0.05, 0) is 28.1 Å². The van der Waals surface area contributed by atoms with Gasteiger partial charge in [0.2, 0.25) is 5.43 Å². The summed E-state index contributed by atoms with van der Waals surface area (Å²) in [5, 5.41) is 0.669. The van der Waals surface area contributed by atoms with Crippen LogP contribution in [0.3, 0.4) is 0 Å². The van der Waals surface area contributed by atoms with Crippen LogP contribution in [0.2, 0.25) is 0 Å². The zero-order valence-electron chi connectivity index (χ0n) is 8.10. The van der Waals surface area contributed by atoms with Gasteiger partial charge in [0.1, 0.15) is 27.0 Å². The minimum Gasteiger partial charge on any atom is -0.459 e. The van der Waals surface area contributed by atoms with E-state index in [2.05, 4.69) is 31.9 Å². The molecule has 2 rings (SSSR count). The van der Waals surface area contributed by atoms with Gasteiger partial charge in [0.25, 0.3) is 0 Å². The maximum atomic E-state index is 13.5. The summed E-state index contributed by atoms with van der Waals surface area (Å²) < 4.78 is 19.2. The van der Waals surface area contributed by atoms with E-state index < -0.39 is 5.82 Å². The van der Waals surface area contributed by atoms with Crippen LogP contribution in [0.25, 0.3) is 11.0 Å². The maximum absolute atomic E-state index is 13.5. The average Bonchev–Trinajstić information content (AvgIpc) is 2.25.